The van der Waals surface area contributed by atoms with Crippen molar-refractivity contribution in [1.29, 1.82) is 0 Å². The molecule has 0 unspecified atom stereocenters. The number of aromatic nitrogens is 2. The van der Waals surface area contributed by atoms with Gasteiger partial charge in [-0.15, -0.1) is 0 Å². The quantitative estimate of drug-likeness (QED) is 0.770. The van der Waals surface area contributed by atoms with E-state index in [9.17, 15) is 0 Å². The Morgan fingerprint density at radius 2 is 1.64 bits per heavy atom. The maximum atomic E-state index is 5.81. The Balaban J connectivity index is 1.42. The predicted octanol–water partition coefficient (Wildman–Crippen LogP) is 2.90. The second kappa shape index (κ2) is 8.08. The molecular weight excluding hydrogens is 318 g/mol. The van der Waals surface area contributed by atoms with Gasteiger partial charge in [0.25, 0.3) is 0 Å². The fourth-order valence-electron chi connectivity index (χ4n) is 3.57. The number of nitrogens with zero attached hydrogens (tertiary/aromatic N) is 3. The maximum absolute atomic E-state index is 5.81. The van der Waals surface area contributed by atoms with Crippen LogP contribution < -0.4 is 0 Å². The Morgan fingerprint density at radius 1 is 0.960 bits per heavy atom. The first-order chi connectivity index (χ1) is 12.4. The monoisotopic (exact) mass is 343 g/mol. The number of rotatable bonds is 7. The summed E-state index contributed by atoms with van der Waals surface area (Å²) in [6.45, 7) is 4.17. The van der Waals surface area contributed by atoms with Crippen molar-refractivity contribution in [3.05, 3.63) is 36.2 Å². The van der Waals surface area contributed by atoms with E-state index in [4.69, 9.17) is 14.0 Å². The van der Waals surface area contributed by atoms with E-state index in [1.54, 1.807) is 0 Å². The van der Waals surface area contributed by atoms with E-state index in [-0.39, 0.29) is 0 Å². The van der Waals surface area contributed by atoms with Crippen LogP contribution in [0.4, 0.5) is 0 Å². The lowest BCUT2D eigenvalue weighted by Crippen LogP contribution is -2.37. The third-order valence-electron chi connectivity index (χ3n) is 4.83. The van der Waals surface area contributed by atoms with Crippen molar-refractivity contribution in [3.8, 4) is 11.4 Å². The molecule has 2 aliphatic rings. The van der Waals surface area contributed by atoms with Gasteiger partial charge in [0.05, 0.1) is 18.8 Å². The van der Waals surface area contributed by atoms with Crippen LogP contribution in [0.2, 0.25) is 0 Å². The molecule has 1 aromatic carbocycles. The highest BCUT2D eigenvalue weighted by Gasteiger charge is 2.25. The molecule has 6 nitrogen and oxygen atoms in total. The van der Waals surface area contributed by atoms with Gasteiger partial charge in [0.15, 0.2) is 0 Å². The minimum atomic E-state index is 0.304. The Kier molecular flexibility index (Phi) is 5.40. The molecule has 0 N–H and O–H groups in total. The molecule has 3 heterocycles. The van der Waals surface area contributed by atoms with Crippen molar-refractivity contribution in [3.63, 3.8) is 0 Å². The second-order valence-corrected chi connectivity index (χ2v) is 6.84. The van der Waals surface area contributed by atoms with Gasteiger partial charge in [-0.05, 0) is 25.7 Å². The molecule has 2 saturated heterocycles. The van der Waals surface area contributed by atoms with Crippen molar-refractivity contribution >= 4 is 0 Å². The van der Waals surface area contributed by atoms with Crippen LogP contribution in [0.15, 0.2) is 34.9 Å². The molecule has 0 radical (unpaired) electrons. The normalized spacial score (nSPS) is 23.6. The van der Waals surface area contributed by atoms with E-state index < -0.39 is 0 Å². The van der Waals surface area contributed by atoms with Crippen molar-refractivity contribution in [1.82, 2.24) is 15.0 Å². The molecule has 2 fully saturated rings. The lowest BCUT2D eigenvalue weighted by atomic mass is 10.2. The van der Waals surface area contributed by atoms with Crippen LogP contribution >= 0.6 is 0 Å². The predicted molar refractivity (Wildman–Crippen MR) is 93.0 cm³/mol. The Bertz CT molecular complexity index is 631. The van der Waals surface area contributed by atoms with Crippen molar-refractivity contribution in [2.75, 3.05) is 26.3 Å². The molecule has 25 heavy (non-hydrogen) atoms. The maximum Gasteiger partial charge on any atom is 0.241 e. The van der Waals surface area contributed by atoms with Crippen molar-refractivity contribution in [2.24, 2.45) is 0 Å². The molecule has 2 aliphatic heterocycles. The molecule has 2 aromatic rings. The second-order valence-electron chi connectivity index (χ2n) is 6.84. The summed E-state index contributed by atoms with van der Waals surface area (Å²) < 4.78 is 17.1. The summed E-state index contributed by atoms with van der Waals surface area (Å²) in [6, 6.07) is 9.92. The van der Waals surface area contributed by atoms with E-state index in [2.05, 4.69) is 15.0 Å². The molecule has 0 amide bonds. The van der Waals surface area contributed by atoms with Crippen LogP contribution in [0, 0.1) is 0 Å². The summed E-state index contributed by atoms with van der Waals surface area (Å²) >= 11 is 0. The lowest BCUT2D eigenvalue weighted by Gasteiger charge is -2.26. The minimum absolute atomic E-state index is 0.304. The first-order valence-corrected chi connectivity index (χ1v) is 9.20. The highest BCUT2D eigenvalue weighted by Crippen LogP contribution is 2.20. The van der Waals surface area contributed by atoms with Gasteiger partial charge in [-0.25, -0.2) is 0 Å². The molecule has 1 aromatic heterocycles. The molecule has 134 valence electrons. The third kappa shape index (κ3) is 4.45. The molecule has 6 heteroatoms. The standard InChI is InChI=1S/C19H25N3O3/c1-2-6-15(7-3-1)19-20-18(25-21-19)14-22(12-16-8-4-10-23-16)13-17-9-5-11-24-17/h1-3,6-7,16-17H,4-5,8-14H2/t16-,17+. The summed E-state index contributed by atoms with van der Waals surface area (Å²) in [4.78, 5) is 6.91. The van der Waals surface area contributed by atoms with Crippen LogP contribution in [-0.4, -0.2) is 53.6 Å². The number of ether oxygens (including phenoxy) is 2. The van der Waals surface area contributed by atoms with E-state index in [1.807, 2.05) is 30.3 Å². The van der Waals surface area contributed by atoms with Gasteiger partial charge in [0, 0.05) is 31.9 Å². The largest absolute Gasteiger partial charge is 0.377 e. The van der Waals surface area contributed by atoms with E-state index in [0.717, 1.165) is 57.6 Å². The first-order valence-electron chi connectivity index (χ1n) is 9.20. The van der Waals surface area contributed by atoms with Crippen LogP contribution in [0.3, 0.4) is 0 Å². The zero-order valence-electron chi connectivity index (χ0n) is 14.5. The molecule has 0 aliphatic carbocycles. The van der Waals surface area contributed by atoms with E-state index >= 15 is 0 Å². The van der Waals surface area contributed by atoms with Gasteiger partial charge in [-0.1, -0.05) is 35.5 Å². The van der Waals surface area contributed by atoms with Gasteiger partial charge in [-0.3, -0.25) is 4.90 Å². The highest BCUT2D eigenvalue weighted by molar-refractivity contribution is 5.53. The summed E-state index contributed by atoms with van der Waals surface area (Å²) in [7, 11) is 0. The Morgan fingerprint density at radius 3 is 2.24 bits per heavy atom. The van der Waals surface area contributed by atoms with Gasteiger partial charge in [0.2, 0.25) is 11.7 Å². The van der Waals surface area contributed by atoms with Gasteiger partial charge >= 0.3 is 0 Å². The summed E-state index contributed by atoms with van der Waals surface area (Å²) in [5.41, 5.74) is 0.974. The summed E-state index contributed by atoms with van der Waals surface area (Å²) in [5.74, 6) is 1.29. The fourth-order valence-corrected chi connectivity index (χ4v) is 3.57. The topological polar surface area (TPSA) is 60.6 Å². The highest BCUT2D eigenvalue weighted by atomic mass is 16.5. The van der Waals surface area contributed by atoms with Crippen LogP contribution in [-0.2, 0) is 16.0 Å². The van der Waals surface area contributed by atoms with Crippen LogP contribution in [0.1, 0.15) is 31.6 Å². The first kappa shape index (κ1) is 16.7. The molecule has 2 atom stereocenters. The van der Waals surface area contributed by atoms with Gasteiger partial charge in [0.1, 0.15) is 0 Å². The average molecular weight is 343 g/mol. The Labute approximate surface area is 148 Å². The lowest BCUT2D eigenvalue weighted by molar-refractivity contribution is 0.0309. The zero-order valence-corrected chi connectivity index (χ0v) is 14.5. The molecule has 4 rings (SSSR count). The smallest absolute Gasteiger partial charge is 0.241 e. The number of hydrogen-bond donors (Lipinski definition) is 0. The van der Waals surface area contributed by atoms with Gasteiger partial charge in [-0.2, -0.15) is 4.98 Å². The third-order valence-corrected chi connectivity index (χ3v) is 4.83. The van der Waals surface area contributed by atoms with Crippen LogP contribution in [0.25, 0.3) is 11.4 Å². The summed E-state index contributed by atoms with van der Waals surface area (Å²) in [6.07, 6.45) is 5.16. The van der Waals surface area contributed by atoms with Crippen LogP contribution in [0.5, 0.6) is 0 Å². The molecule has 0 saturated carbocycles. The van der Waals surface area contributed by atoms with Gasteiger partial charge < -0.3 is 14.0 Å². The summed E-state index contributed by atoms with van der Waals surface area (Å²) in [5, 5.41) is 4.13. The molecular formula is C19H25N3O3. The zero-order chi connectivity index (χ0) is 16.9. The Hall–Kier alpha value is -1.76. The number of hydrogen-bond acceptors (Lipinski definition) is 6. The van der Waals surface area contributed by atoms with Crippen molar-refractivity contribution < 1.29 is 14.0 Å². The van der Waals surface area contributed by atoms with Crippen molar-refractivity contribution in [2.45, 2.75) is 44.4 Å². The van der Waals surface area contributed by atoms with E-state index in [1.165, 1.54) is 0 Å². The fraction of sp³-hybridized carbons (Fsp3) is 0.579. The molecule has 0 bridgehead atoms. The minimum Gasteiger partial charge on any atom is -0.377 e. The molecule has 0 spiro atoms. The SMILES string of the molecule is c1ccc(-c2noc(CN(C[C@H]3CCCO3)C[C@@H]3CCCO3)n2)cc1. The average Bonchev–Trinajstić information content (AvgIpc) is 3.38. The number of benzene rings is 1. The van der Waals surface area contributed by atoms with E-state index in [0.29, 0.717) is 30.5 Å².